The van der Waals surface area contributed by atoms with Gasteiger partial charge >= 0.3 is 0 Å². The zero-order valence-electron chi connectivity index (χ0n) is 10.1. The topological polar surface area (TPSA) is 12.4 Å². The first kappa shape index (κ1) is 10.3. The molecular weight excluding hydrogens is 206 g/mol. The predicted octanol–water partition coefficient (Wildman–Crippen LogP) is 4.08. The molecule has 1 heterocycles. The van der Waals surface area contributed by atoms with Crippen molar-refractivity contribution >= 4 is 11.9 Å². The number of fused-ring (bicyclic) bond motifs is 2. The Hall–Kier alpha value is -1.89. The van der Waals surface area contributed by atoms with E-state index in [-0.39, 0.29) is 5.41 Å². The lowest BCUT2D eigenvalue weighted by molar-refractivity contribution is 0.643. The zero-order chi connectivity index (χ0) is 11.9. The van der Waals surface area contributed by atoms with E-state index in [2.05, 4.69) is 61.3 Å². The number of rotatable bonds is 0. The van der Waals surface area contributed by atoms with Crippen LogP contribution in [0.15, 0.2) is 53.5 Å². The van der Waals surface area contributed by atoms with Crippen molar-refractivity contribution < 1.29 is 0 Å². The molecule has 0 bridgehead atoms. The second-order valence-corrected chi connectivity index (χ2v) is 4.99. The third kappa shape index (κ3) is 1.50. The van der Waals surface area contributed by atoms with Gasteiger partial charge in [0.25, 0.3) is 0 Å². The van der Waals surface area contributed by atoms with Crippen molar-refractivity contribution in [1.29, 1.82) is 0 Å². The Bertz CT molecular complexity index is 542. The van der Waals surface area contributed by atoms with Gasteiger partial charge in [0.1, 0.15) is 0 Å². The molecule has 0 fully saturated rings. The summed E-state index contributed by atoms with van der Waals surface area (Å²) < 4.78 is 0. The molecule has 2 aromatic rings. The minimum Gasteiger partial charge on any atom is -0.256 e. The average Bonchev–Trinajstić information content (AvgIpc) is 2.47. The fourth-order valence-electron chi connectivity index (χ4n) is 2.58. The fraction of sp³-hybridized carbons (Fsp3) is 0.188. The molecule has 0 aromatic heterocycles. The van der Waals surface area contributed by atoms with Crippen molar-refractivity contribution in [1.82, 2.24) is 0 Å². The van der Waals surface area contributed by atoms with Crippen LogP contribution in [-0.4, -0.2) is 6.21 Å². The molecule has 1 nitrogen and oxygen atoms in total. The summed E-state index contributed by atoms with van der Waals surface area (Å²) in [5.74, 6) is 0. The van der Waals surface area contributed by atoms with Gasteiger partial charge in [-0.3, -0.25) is 4.99 Å². The van der Waals surface area contributed by atoms with E-state index in [1.165, 1.54) is 16.7 Å². The standard InChI is InChI=1S/C16H15N/c1-16(2)13-8-4-3-7-12(13)11-17-15-10-6-5-9-14(15)16/h3-11H,1-2H3. The van der Waals surface area contributed by atoms with E-state index in [1.54, 1.807) is 0 Å². The second kappa shape index (κ2) is 3.56. The summed E-state index contributed by atoms with van der Waals surface area (Å²) in [4.78, 5) is 4.60. The summed E-state index contributed by atoms with van der Waals surface area (Å²) in [6.07, 6.45) is 1.98. The lowest BCUT2D eigenvalue weighted by Crippen LogP contribution is -2.19. The average molecular weight is 221 g/mol. The first-order chi connectivity index (χ1) is 8.19. The van der Waals surface area contributed by atoms with Gasteiger partial charge in [-0.25, -0.2) is 0 Å². The SMILES string of the molecule is CC1(C)c2ccccc2C=Nc2ccccc21. The van der Waals surface area contributed by atoms with Crippen LogP contribution in [-0.2, 0) is 5.41 Å². The summed E-state index contributed by atoms with van der Waals surface area (Å²) >= 11 is 0. The number of hydrogen-bond donors (Lipinski definition) is 0. The van der Waals surface area contributed by atoms with Gasteiger partial charge in [0.05, 0.1) is 5.69 Å². The first-order valence-electron chi connectivity index (χ1n) is 5.93. The van der Waals surface area contributed by atoms with E-state index >= 15 is 0 Å². The van der Waals surface area contributed by atoms with Crippen molar-refractivity contribution in [3.05, 3.63) is 65.2 Å². The van der Waals surface area contributed by atoms with Crippen LogP contribution in [0.4, 0.5) is 5.69 Å². The third-order valence-corrected chi connectivity index (χ3v) is 3.55. The summed E-state index contributed by atoms with van der Waals surface area (Å²) in [5.41, 5.74) is 4.93. The Labute approximate surface area is 102 Å². The summed E-state index contributed by atoms with van der Waals surface area (Å²) in [5, 5.41) is 0. The smallest absolute Gasteiger partial charge is 0.0670 e. The van der Waals surface area contributed by atoms with Crippen LogP contribution in [0.5, 0.6) is 0 Å². The van der Waals surface area contributed by atoms with E-state index in [0.29, 0.717) is 0 Å². The molecule has 3 rings (SSSR count). The van der Waals surface area contributed by atoms with Crippen molar-refractivity contribution in [3.63, 3.8) is 0 Å². The van der Waals surface area contributed by atoms with E-state index in [0.717, 1.165) is 5.69 Å². The van der Waals surface area contributed by atoms with E-state index in [9.17, 15) is 0 Å². The maximum Gasteiger partial charge on any atom is 0.0670 e. The minimum absolute atomic E-state index is 0.00366. The largest absolute Gasteiger partial charge is 0.256 e. The van der Waals surface area contributed by atoms with Crippen LogP contribution in [0.1, 0.15) is 30.5 Å². The molecule has 1 aliphatic rings. The molecule has 1 heteroatoms. The monoisotopic (exact) mass is 221 g/mol. The molecule has 17 heavy (non-hydrogen) atoms. The Kier molecular flexibility index (Phi) is 2.15. The maximum absolute atomic E-state index is 4.60. The third-order valence-electron chi connectivity index (χ3n) is 3.55. The Morgan fingerprint density at radius 1 is 0.824 bits per heavy atom. The summed E-state index contributed by atoms with van der Waals surface area (Å²) in [6.45, 7) is 4.53. The molecule has 0 atom stereocenters. The predicted molar refractivity (Wildman–Crippen MR) is 72.3 cm³/mol. The number of benzene rings is 2. The molecule has 0 radical (unpaired) electrons. The van der Waals surface area contributed by atoms with Crippen LogP contribution >= 0.6 is 0 Å². The van der Waals surface area contributed by atoms with Gasteiger partial charge in [0.2, 0.25) is 0 Å². The lowest BCUT2D eigenvalue weighted by atomic mass is 9.76. The maximum atomic E-state index is 4.60. The molecule has 84 valence electrons. The zero-order valence-corrected chi connectivity index (χ0v) is 10.1. The molecule has 0 amide bonds. The van der Waals surface area contributed by atoms with Gasteiger partial charge in [-0.2, -0.15) is 0 Å². The summed E-state index contributed by atoms with van der Waals surface area (Å²) in [6, 6.07) is 16.9. The molecule has 0 saturated carbocycles. The van der Waals surface area contributed by atoms with Gasteiger partial charge in [0.15, 0.2) is 0 Å². The molecule has 0 saturated heterocycles. The quantitative estimate of drug-likeness (QED) is 0.635. The summed E-state index contributed by atoms with van der Waals surface area (Å²) in [7, 11) is 0. The highest BCUT2D eigenvalue weighted by atomic mass is 14.7. The van der Waals surface area contributed by atoms with Gasteiger partial charge < -0.3 is 0 Å². The van der Waals surface area contributed by atoms with Crippen molar-refractivity contribution in [2.24, 2.45) is 4.99 Å². The molecule has 0 aliphatic carbocycles. The van der Waals surface area contributed by atoms with E-state index in [4.69, 9.17) is 0 Å². The van der Waals surface area contributed by atoms with E-state index < -0.39 is 0 Å². The number of para-hydroxylation sites is 1. The minimum atomic E-state index is 0.00366. The van der Waals surface area contributed by atoms with Gasteiger partial charge in [-0.15, -0.1) is 0 Å². The Balaban J connectivity index is 2.34. The molecule has 2 aromatic carbocycles. The molecule has 1 aliphatic heterocycles. The molecule has 0 spiro atoms. The van der Waals surface area contributed by atoms with Crippen LogP contribution < -0.4 is 0 Å². The number of nitrogens with zero attached hydrogens (tertiary/aromatic N) is 1. The molecule has 0 unspecified atom stereocenters. The van der Waals surface area contributed by atoms with Crippen LogP contribution in [0.25, 0.3) is 0 Å². The number of aliphatic imine (C=N–C) groups is 1. The highest BCUT2D eigenvalue weighted by Crippen LogP contribution is 2.40. The lowest BCUT2D eigenvalue weighted by Gasteiger charge is -2.27. The fourth-order valence-corrected chi connectivity index (χ4v) is 2.58. The Morgan fingerprint density at radius 3 is 2.29 bits per heavy atom. The van der Waals surface area contributed by atoms with Crippen molar-refractivity contribution in [3.8, 4) is 0 Å². The van der Waals surface area contributed by atoms with Crippen LogP contribution in [0, 0.1) is 0 Å². The van der Waals surface area contributed by atoms with Gasteiger partial charge in [0, 0.05) is 11.6 Å². The van der Waals surface area contributed by atoms with Crippen molar-refractivity contribution in [2.45, 2.75) is 19.3 Å². The van der Waals surface area contributed by atoms with Crippen LogP contribution in [0.2, 0.25) is 0 Å². The second-order valence-electron chi connectivity index (χ2n) is 4.99. The Morgan fingerprint density at radius 2 is 1.47 bits per heavy atom. The van der Waals surface area contributed by atoms with Crippen LogP contribution in [0.3, 0.4) is 0 Å². The molecular formula is C16H15N. The number of hydrogen-bond acceptors (Lipinski definition) is 1. The van der Waals surface area contributed by atoms with Crippen molar-refractivity contribution in [2.75, 3.05) is 0 Å². The highest BCUT2D eigenvalue weighted by Gasteiger charge is 2.28. The first-order valence-corrected chi connectivity index (χ1v) is 5.93. The van der Waals surface area contributed by atoms with Gasteiger partial charge in [-0.05, 0) is 22.8 Å². The molecule has 0 N–H and O–H groups in total. The van der Waals surface area contributed by atoms with Gasteiger partial charge in [-0.1, -0.05) is 56.3 Å². The highest BCUT2D eigenvalue weighted by molar-refractivity contribution is 5.87. The normalized spacial score (nSPS) is 15.9. The van der Waals surface area contributed by atoms with E-state index in [1.807, 2.05) is 12.3 Å².